The van der Waals surface area contributed by atoms with Gasteiger partial charge in [-0.2, -0.15) is 5.26 Å². The lowest BCUT2D eigenvalue weighted by Crippen LogP contribution is -1.80. The van der Waals surface area contributed by atoms with Crippen LogP contribution in [-0.4, -0.2) is 0 Å². The standard InChI is InChI=1S/C13H15NS/c1-4-12(8-14)9-15-13-6-5-10(2)11(3)7-13/h5-7,9H,4H2,1-3H3. The average Bonchev–Trinajstić information content (AvgIpc) is 2.24. The molecule has 15 heavy (non-hydrogen) atoms. The van der Waals surface area contributed by atoms with Crippen molar-refractivity contribution >= 4 is 11.8 Å². The van der Waals surface area contributed by atoms with Gasteiger partial charge in [-0.1, -0.05) is 24.8 Å². The van der Waals surface area contributed by atoms with Crippen molar-refractivity contribution in [2.24, 2.45) is 0 Å². The van der Waals surface area contributed by atoms with E-state index in [0.29, 0.717) is 0 Å². The van der Waals surface area contributed by atoms with Crippen molar-refractivity contribution in [3.05, 3.63) is 40.3 Å². The van der Waals surface area contributed by atoms with E-state index in [-0.39, 0.29) is 0 Å². The van der Waals surface area contributed by atoms with Gasteiger partial charge in [0.25, 0.3) is 0 Å². The topological polar surface area (TPSA) is 23.8 Å². The Balaban J connectivity index is 2.79. The number of nitriles is 1. The van der Waals surface area contributed by atoms with Crippen LogP contribution in [-0.2, 0) is 0 Å². The Bertz CT molecular complexity index is 413. The van der Waals surface area contributed by atoms with Crippen LogP contribution >= 0.6 is 11.8 Å². The number of benzene rings is 1. The lowest BCUT2D eigenvalue weighted by atomic mass is 10.1. The summed E-state index contributed by atoms with van der Waals surface area (Å²) in [4.78, 5) is 1.19. The van der Waals surface area contributed by atoms with Crippen LogP contribution in [0.4, 0.5) is 0 Å². The largest absolute Gasteiger partial charge is 0.193 e. The summed E-state index contributed by atoms with van der Waals surface area (Å²) in [7, 11) is 0. The maximum absolute atomic E-state index is 8.77. The molecule has 0 saturated heterocycles. The molecule has 0 aromatic heterocycles. The summed E-state index contributed by atoms with van der Waals surface area (Å²) >= 11 is 1.62. The molecule has 0 fully saturated rings. The van der Waals surface area contributed by atoms with Crippen LogP contribution in [0.15, 0.2) is 34.1 Å². The van der Waals surface area contributed by atoms with E-state index in [1.54, 1.807) is 11.8 Å². The van der Waals surface area contributed by atoms with Gasteiger partial charge >= 0.3 is 0 Å². The maximum atomic E-state index is 8.77. The monoisotopic (exact) mass is 217 g/mol. The van der Waals surface area contributed by atoms with Crippen molar-refractivity contribution in [2.75, 3.05) is 0 Å². The van der Waals surface area contributed by atoms with Crippen LogP contribution in [0.25, 0.3) is 0 Å². The molecular weight excluding hydrogens is 202 g/mol. The highest BCUT2D eigenvalue weighted by Gasteiger charge is 1.96. The second kappa shape index (κ2) is 5.63. The Kier molecular flexibility index (Phi) is 4.45. The van der Waals surface area contributed by atoms with Crippen LogP contribution in [0.5, 0.6) is 0 Å². The molecule has 0 spiro atoms. The molecule has 1 nitrogen and oxygen atoms in total. The Hall–Kier alpha value is -1.20. The zero-order chi connectivity index (χ0) is 11.3. The van der Waals surface area contributed by atoms with Crippen molar-refractivity contribution in [3.8, 4) is 6.07 Å². The van der Waals surface area contributed by atoms with Crippen LogP contribution in [0.2, 0.25) is 0 Å². The summed E-state index contributed by atoms with van der Waals surface area (Å²) in [5.41, 5.74) is 3.43. The molecule has 0 unspecified atom stereocenters. The fourth-order valence-corrected chi connectivity index (χ4v) is 2.00. The third-order valence-corrected chi connectivity index (χ3v) is 3.27. The first-order valence-corrected chi connectivity index (χ1v) is 5.88. The molecule has 0 heterocycles. The zero-order valence-electron chi connectivity index (χ0n) is 9.37. The second-order valence-corrected chi connectivity index (χ2v) is 4.42. The molecule has 0 atom stereocenters. The number of nitrogens with zero attached hydrogens (tertiary/aromatic N) is 1. The molecule has 78 valence electrons. The molecule has 0 amide bonds. The number of hydrogen-bond acceptors (Lipinski definition) is 2. The Morgan fingerprint density at radius 2 is 2.13 bits per heavy atom. The van der Waals surface area contributed by atoms with Gasteiger partial charge in [0, 0.05) is 10.5 Å². The van der Waals surface area contributed by atoms with E-state index >= 15 is 0 Å². The summed E-state index contributed by atoms with van der Waals surface area (Å²) < 4.78 is 0. The third-order valence-electron chi connectivity index (χ3n) is 2.34. The lowest BCUT2D eigenvalue weighted by Gasteiger charge is -2.02. The number of aryl methyl sites for hydroxylation is 2. The zero-order valence-corrected chi connectivity index (χ0v) is 10.2. The fourth-order valence-electron chi connectivity index (χ4n) is 1.12. The molecule has 2 heteroatoms. The van der Waals surface area contributed by atoms with Crippen molar-refractivity contribution in [1.82, 2.24) is 0 Å². The summed E-state index contributed by atoms with van der Waals surface area (Å²) in [6, 6.07) is 8.55. The lowest BCUT2D eigenvalue weighted by molar-refractivity contribution is 1.16. The molecule has 0 bridgehead atoms. The molecular formula is C13H15NS. The highest BCUT2D eigenvalue weighted by molar-refractivity contribution is 8.02. The smallest absolute Gasteiger partial charge is 0.0952 e. The summed E-state index contributed by atoms with van der Waals surface area (Å²) in [5.74, 6) is 0. The number of allylic oxidation sites excluding steroid dienone is 1. The van der Waals surface area contributed by atoms with Gasteiger partial charge in [0.2, 0.25) is 0 Å². The number of rotatable bonds is 3. The van der Waals surface area contributed by atoms with Crippen LogP contribution in [0, 0.1) is 25.2 Å². The van der Waals surface area contributed by atoms with Gasteiger partial charge in [0.15, 0.2) is 0 Å². The van der Waals surface area contributed by atoms with E-state index < -0.39 is 0 Å². The Labute approximate surface area is 95.8 Å². The van der Waals surface area contributed by atoms with E-state index in [1.165, 1.54) is 16.0 Å². The minimum Gasteiger partial charge on any atom is -0.193 e. The van der Waals surface area contributed by atoms with Crippen molar-refractivity contribution in [1.29, 1.82) is 5.26 Å². The minimum atomic E-state index is 0.800. The minimum absolute atomic E-state index is 0.800. The van der Waals surface area contributed by atoms with Gasteiger partial charge in [0.05, 0.1) is 6.07 Å². The van der Waals surface area contributed by atoms with E-state index in [9.17, 15) is 0 Å². The molecule has 0 aliphatic carbocycles. The summed E-state index contributed by atoms with van der Waals surface area (Å²) in [6.07, 6.45) is 0.800. The first-order chi connectivity index (χ1) is 7.17. The molecule has 0 aliphatic rings. The predicted molar refractivity (Wildman–Crippen MR) is 65.8 cm³/mol. The fraction of sp³-hybridized carbons (Fsp3) is 0.308. The Morgan fingerprint density at radius 3 is 2.67 bits per heavy atom. The van der Waals surface area contributed by atoms with Gasteiger partial charge in [-0.05, 0) is 48.9 Å². The molecule has 0 saturated carbocycles. The summed E-state index contributed by atoms with van der Waals surface area (Å²) in [6.45, 7) is 6.20. The quantitative estimate of drug-likeness (QED) is 0.559. The van der Waals surface area contributed by atoms with Gasteiger partial charge in [-0.15, -0.1) is 0 Å². The molecule has 1 rings (SSSR count). The first kappa shape index (κ1) is 11.9. The normalized spacial score (nSPS) is 11.2. The van der Waals surface area contributed by atoms with Crippen molar-refractivity contribution < 1.29 is 0 Å². The van der Waals surface area contributed by atoms with Crippen LogP contribution in [0.3, 0.4) is 0 Å². The molecule has 0 aliphatic heterocycles. The van der Waals surface area contributed by atoms with Gasteiger partial charge < -0.3 is 0 Å². The van der Waals surface area contributed by atoms with E-state index in [1.807, 2.05) is 12.3 Å². The first-order valence-electron chi connectivity index (χ1n) is 5.00. The van der Waals surface area contributed by atoms with Crippen LogP contribution < -0.4 is 0 Å². The van der Waals surface area contributed by atoms with Crippen molar-refractivity contribution in [3.63, 3.8) is 0 Å². The third kappa shape index (κ3) is 3.45. The van der Waals surface area contributed by atoms with E-state index in [0.717, 1.165) is 12.0 Å². The molecule has 1 aromatic carbocycles. The second-order valence-electron chi connectivity index (χ2n) is 3.47. The number of thioether (sulfide) groups is 1. The highest BCUT2D eigenvalue weighted by Crippen LogP contribution is 2.23. The van der Waals surface area contributed by atoms with Crippen LogP contribution in [0.1, 0.15) is 24.5 Å². The predicted octanol–water partition coefficient (Wildman–Crippen LogP) is 4.21. The highest BCUT2D eigenvalue weighted by atomic mass is 32.2. The average molecular weight is 217 g/mol. The summed E-state index contributed by atoms with van der Waals surface area (Å²) in [5, 5.41) is 10.7. The SMILES string of the molecule is CCC(C#N)=CSc1ccc(C)c(C)c1. The van der Waals surface area contributed by atoms with E-state index in [4.69, 9.17) is 5.26 Å². The van der Waals surface area contributed by atoms with Gasteiger partial charge in [-0.25, -0.2) is 0 Å². The molecule has 0 radical (unpaired) electrons. The van der Waals surface area contributed by atoms with Gasteiger partial charge in [-0.3, -0.25) is 0 Å². The van der Waals surface area contributed by atoms with Crippen molar-refractivity contribution in [2.45, 2.75) is 32.1 Å². The molecule has 1 aromatic rings. The van der Waals surface area contributed by atoms with E-state index in [2.05, 4.69) is 38.1 Å². The van der Waals surface area contributed by atoms with Gasteiger partial charge in [0.1, 0.15) is 0 Å². The Morgan fingerprint density at radius 1 is 1.40 bits per heavy atom. The number of hydrogen-bond donors (Lipinski definition) is 0. The molecule has 0 N–H and O–H groups in total. The maximum Gasteiger partial charge on any atom is 0.0952 e.